The summed E-state index contributed by atoms with van der Waals surface area (Å²) in [6.07, 6.45) is 7.02. The minimum atomic E-state index is -0.464. The van der Waals surface area contributed by atoms with E-state index in [1.54, 1.807) is 6.20 Å². The van der Waals surface area contributed by atoms with Crippen molar-refractivity contribution in [1.82, 2.24) is 15.0 Å². The number of nitrogens with zero attached hydrogens (tertiary/aromatic N) is 4. The first-order valence-electron chi connectivity index (χ1n) is 9.18. The van der Waals surface area contributed by atoms with Crippen LogP contribution in [0.4, 0.5) is 17.5 Å². The zero-order valence-corrected chi connectivity index (χ0v) is 15.4. The molecule has 9 heteroatoms. The van der Waals surface area contributed by atoms with Crippen molar-refractivity contribution in [3.05, 3.63) is 45.9 Å². The van der Waals surface area contributed by atoms with Gasteiger partial charge in [-0.2, -0.15) is 4.98 Å². The summed E-state index contributed by atoms with van der Waals surface area (Å²) < 4.78 is 0. The Morgan fingerprint density at radius 3 is 2.74 bits per heavy atom. The molecule has 2 heterocycles. The fourth-order valence-corrected chi connectivity index (χ4v) is 3.24. The molecule has 4 N–H and O–H groups in total. The molecule has 0 radical (unpaired) electrons. The molecule has 1 fully saturated rings. The lowest BCUT2D eigenvalue weighted by atomic mass is 9.86. The van der Waals surface area contributed by atoms with Crippen LogP contribution in [0, 0.1) is 23.0 Å². The Balaban J connectivity index is 1.67. The number of nitrogens with two attached hydrogens (primary N) is 1. The molecule has 0 spiro atoms. The molecule has 144 valence electrons. The fourth-order valence-electron chi connectivity index (χ4n) is 3.24. The van der Waals surface area contributed by atoms with Crippen LogP contribution in [0.1, 0.15) is 36.9 Å². The van der Waals surface area contributed by atoms with E-state index in [0.717, 1.165) is 36.9 Å². The third kappa shape index (κ3) is 5.10. The molecule has 3 rings (SSSR count). The van der Waals surface area contributed by atoms with Gasteiger partial charge in [0.05, 0.1) is 4.92 Å². The third-order valence-electron chi connectivity index (χ3n) is 4.97. The maximum absolute atomic E-state index is 11.3. The molecule has 0 saturated heterocycles. The maximum atomic E-state index is 11.3. The SMILES string of the molecule is Cc1ncccc1CNc1ncc([N+](=O)[O-])c(NC[C@H]2CC[C@H](N)CC2)n1. The van der Waals surface area contributed by atoms with Crippen LogP contribution >= 0.6 is 0 Å². The van der Waals surface area contributed by atoms with Crippen molar-refractivity contribution >= 4 is 17.5 Å². The van der Waals surface area contributed by atoms with Gasteiger partial charge in [0.2, 0.25) is 11.8 Å². The molecule has 0 amide bonds. The van der Waals surface area contributed by atoms with Crippen LogP contribution in [0.3, 0.4) is 0 Å². The minimum Gasteiger partial charge on any atom is -0.364 e. The highest BCUT2D eigenvalue weighted by Gasteiger charge is 2.21. The molecule has 1 aliphatic rings. The first-order chi connectivity index (χ1) is 13.0. The van der Waals surface area contributed by atoms with E-state index >= 15 is 0 Å². The number of anilines is 2. The van der Waals surface area contributed by atoms with E-state index in [-0.39, 0.29) is 17.5 Å². The summed E-state index contributed by atoms with van der Waals surface area (Å²) in [6.45, 7) is 3.07. The summed E-state index contributed by atoms with van der Waals surface area (Å²) in [5.41, 5.74) is 7.76. The first-order valence-corrected chi connectivity index (χ1v) is 9.18. The number of hydrogen-bond acceptors (Lipinski definition) is 8. The number of aromatic nitrogens is 3. The molecular weight excluding hydrogens is 346 g/mol. The highest BCUT2D eigenvalue weighted by molar-refractivity contribution is 5.57. The van der Waals surface area contributed by atoms with Crippen LogP contribution in [0.25, 0.3) is 0 Å². The van der Waals surface area contributed by atoms with E-state index in [0.29, 0.717) is 25.0 Å². The van der Waals surface area contributed by atoms with Crippen molar-refractivity contribution in [3.8, 4) is 0 Å². The minimum absolute atomic E-state index is 0.120. The van der Waals surface area contributed by atoms with E-state index in [2.05, 4.69) is 25.6 Å². The lowest BCUT2D eigenvalue weighted by Crippen LogP contribution is -2.29. The molecule has 0 atom stereocenters. The molecule has 27 heavy (non-hydrogen) atoms. The van der Waals surface area contributed by atoms with E-state index in [1.165, 1.54) is 6.20 Å². The monoisotopic (exact) mass is 371 g/mol. The molecule has 1 aliphatic carbocycles. The van der Waals surface area contributed by atoms with Crippen LogP contribution in [0.5, 0.6) is 0 Å². The normalized spacial score (nSPS) is 19.5. The average Bonchev–Trinajstić information content (AvgIpc) is 2.67. The summed E-state index contributed by atoms with van der Waals surface area (Å²) in [5, 5.41) is 17.5. The summed E-state index contributed by atoms with van der Waals surface area (Å²) in [6, 6.07) is 4.11. The standard InChI is InChI=1S/C18H25N7O2/c1-12-14(3-2-8-20-12)10-22-18-23-11-16(25(26)27)17(24-18)21-9-13-4-6-15(19)7-5-13/h2-3,8,11,13,15H,4-7,9-10,19H2,1H3,(H2,21,22,23,24)/t13-,15-. The molecule has 0 aliphatic heterocycles. The van der Waals surface area contributed by atoms with Gasteiger partial charge in [0, 0.05) is 31.0 Å². The van der Waals surface area contributed by atoms with Gasteiger partial charge in [0.25, 0.3) is 0 Å². The quantitative estimate of drug-likeness (QED) is 0.500. The maximum Gasteiger partial charge on any atom is 0.329 e. The Kier molecular flexibility index (Phi) is 6.12. The lowest BCUT2D eigenvalue weighted by Gasteiger charge is -2.26. The smallest absolute Gasteiger partial charge is 0.329 e. The lowest BCUT2D eigenvalue weighted by molar-refractivity contribution is -0.384. The summed E-state index contributed by atoms with van der Waals surface area (Å²) in [5.74, 6) is 1.04. The van der Waals surface area contributed by atoms with Crippen LogP contribution in [-0.4, -0.2) is 32.5 Å². The summed E-state index contributed by atoms with van der Waals surface area (Å²) >= 11 is 0. The van der Waals surface area contributed by atoms with Gasteiger partial charge >= 0.3 is 5.69 Å². The van der Waals surface area contributed by atoms with Crippen LogP contribution in [0.2, 0.25) is 0 Å². The van der Waals surface area contributed by atoms with Crippen molar-refractivity contribution in [2.45, 2.75) is 45.2 Å². The van der Waals surface area contributed by atoms with Gasteiger partial charge in [-0.25, -0.2) is 4.98 Å². The van der Waals surface area contributed by atoms with Gasteiger partial charge in [0.1, 0.15) is 6.20 Å². The van der Waals surface area contributed by atoms with Crippen molar-refractivity contribution in [3.63, 3.8) is 0 Å². The highest BCUT2D eigenvalue weighted by atomic mass is 16.6. The largest absolute Gasteiger partial charge is 0.364 e. The Morgan fingerprint density at radius 1 is 1.26 bits per heavy atom. The van der Waals surface area contributed by atoms with Crippen molar-refractivity contribution in [2.75, 3.05) is 17.2 Å². The second-order valence-electron chi connectivity index (χ2n) is 6.95. The summed E-state index contributed by atoms with van der Waals surface area (Å²) in [4.78, 5) is 23.5. The Hall–Kier alpha value is -2.81. The van der Waals surface area contributed by atoms with Crippen LogP contribution < -0.4 is 16.4 Å². The fraction of sp³-hybridized carbons (Fsp3) is 0.500. The second-order valence-corrected chi connectivity index (χ2v) is 6.95. The molecule has 2 aromatic rings. The van der Waals surface area contributed by atoms with Gasteiger partial charge in [0.15, 0.2) is 0 Å². The predicted molar refractivity (Wildman–Crippen MR) is 103 cm³/mol. The highest BCUT2D eigenvalue weighted by Crippen LogP contribution is 2.26. The summed E-state index contributed by atoms with van der Waals surface area (Å²) in [7, 11) is 0. The van der Waals surface area contributed by atoms with E-state index < -0.39 is 4.92 Å². The van der Waals surface area contributed by atoms with Gasteiger partial charge < -0.3 is 16.4 Å². The zero-order valence-electron chi connectivity index (χ0n) is 15.4. The number of pyridine rings is 1. The molecule has 0 bridgehead atoms. The van der Waals surface area contributed by atoms with E-state index in [4.69, 9.17) is 5.73 Å². The average molecular weight is 371 g/mol. The Morgan fingerprint density at radius 2 is 2.04 bits per heavy atom. The van der Waals surface area contributed by atoms with Gasteiger partial charge in [-0.3, -0.25) is 15.1 Å². The number of nitro groups is 1. The first kappa shape index (κ1) is 19.0. The van der Waals surface area contributed by atoms with E-state index in [9.17, 15) is 10.1 Å². The molecule has 0 unspecified atom stereocenters. The third-order valence-corrected chi connectivity index (χ3v) is 4.97. The van der Waals surface area contributed by atoms with Gasteiger partial charge in [-0.1, -0.05) is 6.07 Å². The molecule has 0 aromatic carbocycles. The van der Waals surface area contributed by atoms with Crippen LogP contribution in [-0.2, 0) is 6.54 Å². The van der Waals surface area contributed by atoms with E-state index in [1.807, 2.05) is 19.1 Å². The van der Waals surface area contributed by atoms with Gasteiger partial charge in [-0.15, -0.1) is 0 Å². The zero-order chi connectivity index (χ0) is 19.2. The number of aryl methyl sites for hydroxylation is 1. The second kappa shape index (κ2) is 8.72. The molecule has 9 nitrogen and oxygen atoms in total. The molecule has 2 aromatic heterocycles. The Labute approximate surface area is 158 Å². The number of hydrogen-bond donors (Lipinski definition) is 3. The van der Waals surface area contributed by atoms with Gasteiger partial charge in [-0.05, 0) is 50.2 Å². The van der Waals surface area contributed by atoms with Crippen molar-refractivity contribution in [1.29, 1.82) is 0 Å². The topological polar surface area (TPSA) is 132 Å². The number of nitrogens with one attached hydrogen (secondary N) is 2. The molecule has 1 saturated carbocycles. The van der Waals surface area contributed by atoms with Crippen molar-refractivity contribution < 1.29 is 4.92 Å². The Bertz CT molecular complexity index is 791. The predicted octanol–water partition coefficient (Wildman–Crippen LogP) is 2.63. The molecular formula is C18H25N7O2. The van der Waals surface area contributed by atoms with Crippen molar-refractivity contribution in [2.24, 2.45) is 11.7 Å². The number of rotatable bonds is 7. The van der Waals surface area contributed by atoms with Crippen LogP contribution in [0.15, 0.2) is 24.5 Å².